The third-order valence-corrected chi connectivity index (χ3v) is 4.15. The number of aromatic nitrogens is 2. The third kappa shape index (κ3) is 4.75. The molecule has 0 saturated carbocycles. The van der Waals surface area contributed by atoms with Crippen molar-refractivity contribution >= 4 is 11.7 Å². The van der Waals surface area contributed by atoms with Gasteiger partial charge in [-0.15, -0.1) is 0 Å². The average Bonchev–Trinajstić information content (AvgIpc) is 2.68. The monoisotopic (exact) mass is 336 g/mol. The molecule has 25 heavy (non-hydrogen) atoms. The van der Waals surface area contributed by atoms with E-state index < -0.39 is 0 Å². The standard InChI is InChI=1S/C18H20N6O/c19-10-16-12-21-17(13-20-16)24-8-6-23(7-9-24)14-18(25)22-11-15-4-2-1-3-5-15/h1-5,12-13H,6-9,11,14H2,(H,22,25). The van der Waals surface area contributed by atoms with Crippen molar-refractivity contribution in [3.8, 4) is 6.07 Å². The van der Waals surface area contributed by atoms with Gasteiger partial charge in [-0.2, -0.15) is 5.26 Å². The average molecular weight is 336 g/mol. The van der Waals surface area contributed by atoms with Crippen LogP contribution >= 0.6 is 0 Å². The molecule has 1 aromatic heterocycles. The lowest BCUT2D eigenvalue weighted by Crippen LogP contribution is -2.49. The molecule has 1 fully saturated rings. The van der Waals surface area contributed by atoms with Gasteiger partial charge in [-0.1, -0.05) is 30.3 Å². The summed E-state index contributed by atoms with van der Waals surface area (Å²) >= 11 is 0. The van der Waals surface area contributed by atoms with E-state index in [1.165, 1.54) is 6.20 Å². The van der Waals surface area contributed by atoms with Gasteiger partial charge in [0.15, 0.2) is 5.69 Å². The molecule has 1 N–H and O–H groups in total. The van der Waals surface area contributed by atoms with Gasteiger partial charge in [0, 0.05) is 32.7 Å². The number of nitrogens with one attached hydrogen (secondary N) is 1. The quantitative estimate of drug-likeness (QED) is 0.869. The van der Waals surface area contributed by atoms with Gasteiger partial charge in [-0.25, -0.2) is 9.97 Å². The first-order valence-corrected chi connectivity index (χ1v) is 8.24. The number of amides is 1. The summed E-state index contributed by atoms with van der Waals surface area (Å²) in [4.78, 5) is 24.7. The number of hydrogen-bond donors (Lipinski definition) is 1. The van der Waals surface area contributed by atoms with Crippen molar-refractivity contribution in [1.29, 1.82) is 5.26 Å². The van der Waals surface area contributed by atoms with E-state index in [0.29, 0.717) is 18.8 Å². The van der Waals surface area contributed by atoms with E-state index >= 15 is 0 Å². The number of piperazine rings is 1. The Morgan fingerprint density at radius 1 is 1.12 bits per heavy atom. The third-order valence-electron chi connectivity index (χ3n) is 4.15. The molecule has 1 amide bonds. The highest BCUT2D eigenvalue weighted by Gasteiger charge is 2.20. The van der Waals surface area contributed by atoms with Gasteiger partial charge >= 0.3 is 0 Å². The Hall–Kier alpha value is -2.98. The predicted octanol–water partition coefficient (Wildman–Crippen LogP) is 0.787. The maximum atomic E-state index is 12.1. The summed E-state index contributed by atoms with van der Waals surface area (Å²) in [5.74, 6) is 0.808. The second kappa shape index (κ2) is 8.22. The Morgan fingerprint density at radius 3 is 2.52 bits per heavy atom. The summed E-state index contributed by atoms with van der Waals surface area (Å²) in [6.07, 6.45) is 3.11. The maximum Gasteiger partial charge on any atom is 0.234 e. The van der Waals surface area contributed by atoms with Crippen LogP contribution in [0.4, 0.5) is 5.82 Å². The summed E-state index contributed by atoms with van der Waals surface area (Å²) in [5.41, 5.74) is 1.41. The molecule has 2 heterocycles. The van der Waals surface area contributed by atoms with Crippen LogP contribution in [0.15, 0.2) is 42.7 Å². The van der Waals surface area contributed by atoms with Gasteiger partial charge in [0.2, 0.25) is 5.91 Å². The molecule has 3 rings (SSSR count). The summed E-state index contributed by atoms with van der Waals surface area (Å²) in [6, 6.07) is 11.9. The number of hydrogen-bond acceptors (Lipinski definition) is 6. The number of rotatable bonds is 5. The lowest BCUT2D eigenvalue weighted by molar-refractivity contribution is -0.122. The second-order valence-corrected chi connectivity index (χ2v) is 5.90. The summed E-state index contributed by atoms with van der Waals surface area (Å²) in [7, 11) is 0. The van der Waals surface area contributed by atoms with Crippen molar-refractivity contribution in [2.45, 2.75) is 6.54 Å². The van der Waals surface area contributed by atoms with Crippen LogP contribution in [0.1, 0.15) is 11.3 Å². The zero-order valence-corrected chi connectivity index (χ0v) is 13.9. The first-order valence-electron chi connectivity index (χ1n) is 8.24. The fraction of sp³-hybridized carbons (Fsp3) is 0.333. The number of carbonyl (C=O) groups excluding carboxylic acids is 1. The molecule has 0 spiro atoms. The molecule has 128 valence electrons. The summed E-state index contributed by atoms with van der Waals surface area (Å²) in [5, 5.41) is 11.7. The van der Waals surface area contributed by atoms with Gasteiger partial charge in [-0.3, -0.25) is 9.69 Å². The van der Waals surface area contributed by atoms with Crippen molar-refractivity contribution in [2.75, 3.05) is 37.6 Å². The van der Waals surface area contributed by atoms with Crippen LogP contribution in [-0.2, 0) is 11.3 Å². The fourth-order valence-corrected chi connectivity index (χ4v) is 2.73. The van der Waals surface area contributed by atoms with Gasteiger partial charge in [0.05, 0.1) is 18.9 Å². The molecule has 1 aromatic carbocycles. The number of carbonyl (C=O) groups is 1. The number of nitrogens with zero attached hydrogens (tertiary/aromatic N) is 5. The lowest BCUT2D eigenvalue weighted by Gasteiger charge is -2.34. The number of anilines is 1. The Morgan fingerprint density at radius 2 is 1.88 bits per heavy atom. The van der Waals surface area contributed by atoms with Crippen LogP contribution < -0.4 is 10.2 Å². The molecule has 0 bridgehead atoms. The zero-order valence-electron chi connectivity index (χ0n) is 13.9. The Kier molecular flexibility index (Phi) is 5.54. The topological polar surface area (TPSA) is 85.2 Å². The van der Waals surface area contributed by atoms with E-state index in [9.17, 15) is 4.79 Å². The lowest BCUT2D eigenvalue weighted by atomic mass is 10.2. The minimum Gasteiger partial charge on any atom is -0.353 e. The van der Waals surface area contributed by atoms with E-state index in [-0.39, 0.29) is 5.91 Å². The van der Waals surface area contributed by atoms with Crippen molar-refractivity contribution in [3.63, 3.8) is 0 Å². The molecule has 0 unspecified atom stereocenters. The maximum absolute atomic E-state index is 12.1. The molecule has 0 radical (unpaired) electrons. The van der Waals surface area contributed by atoms with Gasteiger partial charge < -0.3 is 10.2 Å². The fourth-order valence-electron chi connectivity index (χ4n) is 2.73. The van der Waals surface area contributed by atoms with Crippen LogP contribution in [0, 0.1) is 11.3 Å². The molecule has 0 aliphatic carbocycles. The summed E-state index contributed by atoms with van der Waals surface area (Å²) in [6.45, 7) is 4.11. The van der Waals surface area contributed by atoms with Crippen molar-refractivity contribution in [1.82, 2.24) is 20.2 Å². The molecule has 2 aromatic rings. The van der Waals surface area contributed by atoms with E-state index in [4.69, 9.17) is 5.26 Å². The van der Waals surface area contributed by atoms with Gasteiger partial charge in [0.25, 0.3) is 0 Å². The highest BCUT2D eigenvalue weighted by molar-refractivity contribution is 5.78. The summed E-state index contributed by atoms with van der Waals surface area (Å²) < 4.78 is 0. The van der Waals surface area contributed by atoms with Crippen molar-refractivity contribution in [3.05, 3.63) is 54.0 Å². The van der Waals surface area contributed by atoms with Gasteiger partial charge in [-0.05, 0) is 5.56 Å². The Bertz CT molecular complexity index is 732. The van der Waals surface area contributed by atoms with E-state index in [1.54, 1.807) is 6.20 Å². The van der Waals surface area contributed by atoms with Crippen LogP contribution in [0.2, 0.25) is 0 Å². The van der Waals surface area contributed by atoms with E-state index in [2.05, 4.69) is 25.1 Å². The van der Waals surface area contributed by atoms with Crippen LogP contribution in [0.5, 0.6) is 0 Å². The number of nitriles is 1. The molecule has 1 saturated heterocycles. The molecule has 1 aliphatic rings. The number of benzene rings is 1. The van der Waals surface area contributed by atoms with E-state index in [1.807, 2.05) is 36.4 Å². The largest absolute Gasteiger partial charge is 0.353 e. The minimum absolute atomic E-state index is 0.0375. The Labute approximate surface area is 146 Å². The molecule has 1 aliphatic heterocycles. The SMILES string of the molecule is N#Cc1cnc(N2CCN(CC(=O)NCc3ccccc3)CC2)cn1. The molecule has 7 heteroatoms. The molecular formula is C18H20N6O. The van der Waals surface area contributed by atoms with Gasteiger partial charge in [0.1, 0.15) is 11.9 Å². The highest BCUT2D eigenvalue weighted by Crippen LogP contribution is 2.12. The van der Waals surface area contributed by atoms with Crippen molar-refractivity contribution in [2.24, 2.45) is 0 Å². The zero-order chi connectivity index (χ0) is 17.5. The normalized spacial score (nSPS) is 14.8. The minimum atomic E-state index is 0.0375. The molecular weight excluding hydrogens is 316 g/mol. The van der Waals surface area contributed by atoms with Crippen molar-refractivity contribution < 1.29 is 4.79 Å². The molecule has 7 nitrogen and oxygen atoms in total. The second-order valence-electron chi connectivity index (χ2n) is 5.90. The first kappa shape index (κ1) is 16.9. The predicted molar refractivity (Wildman–Crippen MR) is 93.7 cm³/mol. The van der Waals surface area contributed by atoms with Crippen LogP contribution in [0.3, 0.4) is 0 Å². The van der Waals surface area contributed by atoms with Crippen LogP contribution in [0.25, 0.3) is 0 Å². The first-order chi connectivity index (χ1) is 12.2. The molecule has 0 atom stereocenters. The van der Waals surface area contributed by atoms with Crippen LogP contribution in [-0.4, -0.2) is 53.5 Å². The highest BCUT2D eigenvalue weighted by atomic mass is 16.2. The van der Waals surface area contributed by atoms with E-state index in [0.717, 1.165) is 37.6 Å². The smallest absolute Gasteiger partial charge is 0.234 e. The Balaban J connectivity index is 1.42.